The zero-order valence-corrected chi connectivity index (χ0v) is 14.0. The first-order valence-electron chi connectivity index (χ1n) is 7.29. The molecular formula is C15H23ClN2O3S. The lowest BCUT2D eigenvalue weighted by atomic mass is 10.00. The molecule has 124 valence electrons. The van der Waals surface area contributed by atoms with Gasteiger partial charge >= 0.3 is 0 Å². The minimum absolute atomic E-state index is 0. The Morgan fingerprint density at radius 2 is 1.91 bits per heavy atom. The van der Waals surface area contributed by atoms with Crippen molar-refractivity contribution in [3.05, 3.63) is 30.3 Å². The number of halogens is 1. The Hall–Kier alpha value is -1.11. The molecule has 2 rings (SSSR count). The highest BCUT2D eigenvalue weighted by molar-refractivity contribution is 7.91. The Morgan fingerprint density at radius 1 is 1.23 bits per heavy atom. The average Bonchev–Trinajstić information content (AvgIpc) is 2.85. The van der Waals surface area contributed by atoms with E-state index in [1.54, 1.807) is 30.3 Å². The average molecular weight is 347 g/mol. The van der Waals surface area contributed by atoms with E-state index in [2.05, 4.69) is 5.32 Å². The van der Waals surface area contributed by atoms with Gasteiger partial charge in [0.15, 0.2) is 9.84 Å². The van der Waals surface area contributed by atoms with Crippen molar-refractivity contribution < 1.29 is 13.2 Å². The highest BCUT2D eigenvalue weighted by Gasteiger charge is 2.26. The molecule has 5 nitrogen and oxygen atoms in total. The lowest BCUT2D eigenvalue weighted by Crippen LogP contribution is -2.33. The van der Waals surface area contributed by atoms with E-state index in [1.165, 1.54) is 0 Å². The zero-order valence-electron chi connectivity index (χ0n) is 12.4. The third-order valence-corrected chi connectivity index (χ3v) is 5.69. The molecule has 22 heavy (non-hydrogen) atoms. The summed E-state index contributed by atoms with van der Waals surface area (Å²) in [7, 11) is -3.33. The summed E-state index contributed by atoms with van der Waals surface area (Å²) in [5, 5.41) is 2.68. The van der Waals surface area contributed by atoms with E-state index in [1.807, 2.05) is 0 Å². The molecule has 1 aliphatic carbocycles. The molecule has 0 unspecified atom stereocenters. The van der Waals surface area contributed by atoms with Crippen LogP contribution in [0.4, 0.5) is 0 Å². The molecule has 0 saturated heterocycles. The smallest absolute Gasteiger partial charge is 0.220 e. The van der Waals surface area contributed by atoms with Crippen molar-refractivity contribution in [2.45, 2.75) is 36.6 Å². The quantitative estimate of drug-likeness (QED) is 0.817. The number of rotatable bonds is 6. The number of sulfone groups is 1. The van der Waals surface area contributed by atoms with Crippen molar-refractivity contribution in [1.82, 2.24) is 5.32 Å². The van der Waals surface area contributed by atoms with E-state index in [9.17, 15) is 13.2 Å². The van der Waals surface area contributed by atoms with Crippen molar-refractivity contribution >= 4 is 28.2 Å². The number of nitrogens with one attached hydrogen (secondary N) is 1. The van der Waals surface area contributed by atoms with Crippen LogP contribution < -0.4 is 11.1 Å². The summed E-state index contributed by atoms with van der Waals surface area (Å²) in [6.07, 6.45) is 3.42. The van der Waals surface area contributed by atoms with Gasteiger partial charge in [-0.1, -0.05) is 24.6 Å². The molecule has 1 aromatic rings. The fourth-order valence-electron chi connectivity index (χ4n) is 2.70. The molecule has 0 bridgehead atoms. The maximum atomic E-state index is 12.0. The molecule has 0 heterocycles. The Balaban J connectivity index is 0.00000242. The van der Waals surface area contributed by atoms with Crippen molar-refractivity contribution in [1.29, 1.82) is 0 Å². The topological polar surface area (TPSA) is 89.3 Å². The maximum Gasteiger partial charge on any atom is 0.220 e. The van der Waals surface area contributed by atoms with Crippen molar-refractivity contribution in [2.24, 2.45) is 11.7 Å². The molecule has 1 saturated carbocycles. The van der Waals surface area contributed by atoms with Gasteiger partial charge in [0, 0.05) is 19.0 Å². The van der Waals surface area contributed by atoms with Crippen LogP contribution in [0.5, 0.6) is 0 Å². The third kappa shape index (κ3) is 5.26. The Kier molecular flexibility index (Phi) is 7.32. The van der Waals surface area contributed by atoms with Gasteiger partial charge < -0.3 is 11.1 Å². The number of hydrogen-bond donors (Lipinski definition) is 2. The first-order valence-corrected chi connectivity index (χ1v) is 8.94. The second-order valence-corrected chi connectivity index (χ2v) is 7.65. The molecule has 3 N–H and O–H groups in total. The minimum Gasteiger partial charge on any atom is -0.355 e. The monoisotopic (exact) mass is 346 g/mol. The number of nitrogens with two attached hydrogens (primary N) is 1. The van der Waals surface area contributed by atoms with Gasteiger partial charge in [0.05, 0.1) is 10.6 Å². The van der Waals surface area contributed by atoms with E-state index in [-0.39, 0.29) is 47.5 Å². The molecule has 1 amide bonds. The third-order valence-electron chi connectivity index (χ3n) is 3.96. The molecule has 0 spiro atoms. The van der Waals surface area contributed by atoms with E-state index >= 15 is 0 Å². The maximum absolute atomic E-state index is 12.0. The van der Waals surface area contributed by atoms with Crippen LogP contribution in [0.25, 0.3) is 0 Å². The van der Waals surface area contributed by atoms with Gasteiger partial charge in [-0.3, -0.25) is 4.79 Å². The largest absolute Gasteiger partial charge is 0.355 e. The van der Waals surface area contributed by atoms with Gasteiger partial charge in [0.2, 0.25) is 5.91 Å². The zero-order chi connectivity index (χ0) is 15.3. The molecule has 0 radical (unpaired) electrons. The number of hydrogen-bond acceptors (Lipinski definition) is 4. The second kappa shape index (κ2) is 8.50. The Labute approximate surface area is 138 Å². The highest BCUT2D eigenvalue weighted by atomic mass is 35.5. The van der Waals surface area contributed by atoms with Crippen molar-refractivity contribution in [3.63, 3.8) is 0 Å². The predicted octanol–water partition coefficient (Wildman–Crippen LogP) is 1.52. The van der Waals surface area contributed by atoms with Crippen LogP contribution in [0.2, 0.25) is 0 Å². The molecule has 1 aliphatic rings. The lowest BCUT2D eigenvalue weighted by molar-refractivity contribution is -0.121. The normalized spacial score (nSPS) is 21.1. The van der Waals surface area contributed by atoms with Crippen molar-refractivity contribution in [3.8, 4) is 0 Å². The predicted molar refractivity (Wildman–Crippen MR) is 88.7 cm³/mol. The van der Waals surface area contributed by atoms with Crippen LogP contribution in [-0.4, -0.2) is 32.7 Å². The molecule has 1 fully saturated rings. The number of amides is 1. The highest BCUT2D eigenvalue weighted by Crippen LogP contribution is 2.26. The summed E-state index contributed by atoms with van der Waals surface area (Å²) in [5.41, 5.74) is 5.93. The summed E-state index contributed by atoms with van der Waals surface area (Å²) in [6.45, 7) is 0.137. The number of benzene rings is 1. The van der Waals surface area contributed by atoms with Gasteiger partial charge in [0.1, 0.15) is 0 Å². The standard InChI is InChI=1S/C15H22N2O3S.ClH/c16-14-8-4-5-12(14)11-15(18)17-9-10-21(19,20)13-6-2-1-3-7-13;/h1-3,6-7,12,14H,4-5,8-11,16H2,(H,17,18);1H/t12-,14+;/m0./s1. The van der Waals surface area contributed by atoms with Gasteiger partial charge in [-0.25, -0.2) is 8.42 Å². The van der Waals surface area contributed by atoms with Crippen LogP contribution in [0, 0.1) is 5.92 Å². The summed E-state index contributed by atoms with van der Waals surface area (Å²) in [5.74, 6) is 0.0378. The van der Waals surface area contributed by atoms with Gasteiger partial charge in [-0.05, 0) is 30.9 Å². The number of carbonyl (C=O) groups is 1. The lowest BCUT2D eigenvalue weighted by Gasteiger charge is -2.14. The molecule has 7 heteroatoms. The Morgan fingerprint density at radius 3 is 2.50 bits per heavy atom. The van der Waals surface area contributed by atoms with Crippen LogP contribution >= 0.6 is 12.4 Å². The SMILES string of the molecule is Cl.N[C@@H]1CCC[C@H]1CC(=O)NCCS(=O)(=O)c1ccccc1. The summed E-state index contributed by atoms with van der Waals surface area (Å²) in [4.78, 5) is 12.1. The molecule has 0 aliphatic heterocycles. The fourth-order valence-corrected chi connectivity index (χ4v) is 3.88. The summed E-state index contributed by atoms with van der Waals surface area (Å²) >= 11 is 0. The van der Waals surface area contributed by atoms with E-state index in [0.29, 0.717) is 6.42 Å². The first kappa shape index (κ1) is 18.9. The van der Waals surface area contributed by atoms with Crippen molar-refractivity contribution in [2.75, 3.05) is 12.3 Å². The van der Waals surface area contributed by atoms with E-state index in [4.69, 9.17) is 5.73 Å². The van der Waals surface area contributed by atoms with E-state index < -0.39 is 9.84 Å². The molecule has 2 atom stereocenters. The van der Waals surface area contributed by atoms with Crippen LogP contribution in [0.3, 0.4) is 0 Å². The fraction of sp³-hybridized carbons (Fsp3) is 0.533. The second-order valence-electron chi connectivity index (χ2n) is 5.54. The van der Waals surface area contributed by atoms with Gasteiger partial charge in [-0.2, -0.15) is 0 Å². The van der Waals surface area contributed by atoms with Crippen LogP contribution in [-0.2, 0) is 14.6 Å². The van der Waals surface area contributed by atoms with Gasteiger partial charge in [-0.15, -0.1) is 12.4 Å². The summed E-state index contributed by atoms with van der Waals surface area (Å²) < 4.78 is 24.1. The first-order chi connectivity index (χ1) is 9.99. The Bertz CT molecular complexity index is 578. The molecular weight excluding hydrogens is 324 g/mol. The van der Waals surface area contributed by atoms with Gasteiger partial charge in [0.25, 0.3) is 0 Å². The summed E-state index contributed by atoms with van der Waals surface area (Å²) in [6, 6.07) is 8.37. The van der Waals surface area contributed by atoms with E-state index in [0.717, 1.165) is 19.3 Å². The number of carbonyl (C=O) groups excluding carboxylic acids is 1. The molecule has 1 aromatic carbocycles. The van der Waals surface area contributed by atoms with Crippen LogP contribution in [0.1, 0.15) is 25.7 Å². The minimum atomic E-state index is -3.33. The van der Waals surface area contributed by atoms with Crippen LogP contribution in [0.15, 0.2) is 35.2 Å². The molecule has 0 aromatic heterocycles.